The van der Waals surface area contributed by atoms with Crippen molar-refractivity contribution in [2.75, 3.05) is 6.54 Å². The third-order valence-electron chi connectivity index (χ3n) is 3.46. The number of rotatable bonds is 4. The molecule has 2 nitrogen and oxygen atoms in total. The molecule has 1 aromatic rings. The molecule has 17 heavy (non-hydrogen) atoms. The number of nitrogens with one attached hydrogen (secondary N) is 1. The predicted molar refractivity (Wildman–Crippen MR) is 71.3 cm³/mol. The van der Waals surface area contributed by atoms with Crippen molar-refractivity contribution in [1.82, 2.24) is 5.32 Å². The van der Waals surface area contributed by atoms with E-state index in [4.69, 9.17) is 11.6 Å². The Morgan fingerprint density at radius 3 is 2.47 bits per heavy atom. The Kier molecular flexibility index (Phi) is 4.84. The van der Waals surface area contributed by atoms with Crippen molar-refractivity contribution < 1.29 is 5.11 Å². The zero-order valence-corrected chi connectivity index (χ0v) is 10.8. The second-order valence-corrected chi connectivity index (χ2v) is 5.25. The van der Waals surface area contributed by atoms with Crippen LogP contribution in [0, 0.1) is 0 Å². The number of hydrogen-bond donors (Lipinski definition) is 2. The fourth-order valence-corrected chi connectivity index (χ4v) is 2.51. The average molecular weight is 254 g/mol. The molecule has 1 saturated carbocycles. The van der Waals surface area contributed by atoms with Gasteiger partial charge >= 0.3 is 0 Å². The number of aliphatic hydroxyl groups is 1. The van der Waals surface area contributed by atoms with Crippen molar-refractivity contribution in [1.29, 1.82) is 0 Å². The van der Waals surface area contributed by atoms with Gasteiger partial charge in [0.15, 0.2) is 0 Å². The Labute approximate surface area is 108 Å². The lowest BCUT2D eigenvalue weighted by Crippen LogP contribution is -2.34. The van der Waals surface area contributed by atoms with E-state index >= 15 is 0 Å². The van der Waals surface area contributed by atoms with Gasteiger partial charge in [-0.3, -0.25) is 0 Å². The van der Waals surface area contributed by atoms with Gasteiger partial charge in [-0.25, -0.2) is 0 Å². The van der Waals surface area contributed by atoms with E-state index in [-0.39, 0.29) is 0 Å². The van der Waals surface area contributed by atoms with Crippen LogP contribution in [0.4, 0.5) is 0 Å². The molecule has 0 amide bonds. The van der Waals surface area contributed by atoms with Gasteiger partial charge in [0.2, 0.25) is 0 Å². The summed E-state index contributed by atoms with van der Waals surface area (Å²) >= 11 is 5.82. The highest BCUT2D eigenvalue weighted by Crippen LogP contribution is 2.19. The lowest BCUT2D eigenvalue weighted by atomic mass is 9.95. The first-order valence-corrected chi connectivity index (χ1v) is 6.80. The smallest absolute Gasteiger partial charge is 0.0914 e. The molecule has 3 heteroatoms. The normalized spacial score (nSPS) is 19.2. The van der Waals surface area contributed by atoms with Gasteiger partial charge in [-0.05, 0) is 30.5 Å². The number of benzene rings is 1. The summed E-state index contributed by atoms with van der Waals surface area (Å²) in [6, 6.07) is 8.00. The van der Waals surface area contributed by atoms with Crippen LogP contribution in [-0.4, -0.2) is 17.7 Å². The van der Waals surface area contributed by atoms with Crippen LogP contribution in [-0.2, 0) is 0 Å². The van der Waals surface area contributed by atoms with Gasteiger partial charge in [-0.1, -0.05) is 43.0 Å². The van der Waals surface area contributed by atoms with E-state index in [1.807, 2.05) is 24.3 Å². The summed E-state index contributed by atoms with van der Waals surface area (Å²) in [4.78, 5) is 0. The van der Waals surface area contributed by atoms with Crippen LogP contribution in [0.15, 0.2) is 24.3 Å². The highest BCUT2D eigenvalue weighted by atomic mass is 35.5. The van der Waals surface area contributed by atoms with Gasteiger partial charge in [0.1, 0.15) is 0 Å². The highest BCUT2D eigenvalue weighted by molar-refractivity contribution is 6.30. The van der Waals surface area contributed by atoms with E-state index in [1.54, 1.807) is 0 Å². The zero-order chi connectivity index (χ0) is 12.1. The minimum Gasteiger partial charge on any atom is -0.387 e. The van der Waals surface area contributed by atoms with Crippen molar-refractivity contribution in [2.45, 2.75) is 44.2 Å². The first kappa shape index (κ1) is 12.9. The lowest BCUT2D eigenvalue weighted by molar-refractivity contribution is 0.165. The topological polar surface area (TPSA) is 32.3 Å². The Morgan fingerprint density at radius 1 is 1.18 bits per heavy atom. The third-order valence-corrected chi connectivity index (χ3v) is 3.71. The average Bonchev–Trinajstić information content (AvgIpc) is 2.38. The SMILES string of the molecule is OC(CNC1CCCCC1)c1ccc(Cl)cc1. The summed E-state index contributed by atoms with van der Waals surface area (Å²) < 4.78 is 0. The molecular weight excluding hydrogens is 234 g/mol. The van der Waals surface area contributed by atoms with Crippen LogP contribution >= 0.6 is 11.6 Å². The fourth-order valence-electron chi connectivity index (χ4n) is 2.39. The molecule has 1 aromatic carbocycles. The summed E-state index contributed by atoms with van der Waals surface area (Å²) in [7, 11) is 0. The van der Waals surface area contributed by atoms with Crippen molar-refractivity contribution in [3.8, 4) is 0 Å². The molecule has 0 saturated heterocycles. The van der Waals surface area contributed by atoms with Crippen LogP contribution in [0.1, 0.15) is 43.8 Å². The van der Waals surface area contributed by atoms with Gasteiger partial charge in [0.05, 0.1) is 6.10 Å². The molecule has 0 aromatic heterocycles. The van der Waals surface area contributed by atoms with Crippen LogP contribution in [0.2, 0.25) is 5.02 Å². The monoisotopic (exact) mass is 253 g/mol. The maximum Gasteiger partial charge on any atom is 0.0914 e. The molecule has 0 radical (unpaired) electrons. The number of halogens is 1. The minimum atomic E-state index is -0.436. The molecule has 2 N–H and O–H groups in total. The summed E-state index contributed by atoms with van der Waals surface area (Å²) in [5.74, 6) is 0. The molecule has 1 unspecified atom stereocenters. The van der Waals surface area contributed by atoms with Gasteiger partial charge in [0, 0.05) is 17.6 Å². The van der Waals surface area contributed by atoms with Crippen LogP contribution in [0.25, 0.3) is 0 Å². The fraction of sp³-hybridized carbons (Fsp3) is 0.571. The Hall–Kier alpha value is -0.570. The standard InChI is InChI=1S/C14H20ClNO/c15-12-8-6-11(7-9-12)14(17)10-16-13-4-2-1-3-5-13/h6-9,13-14,16-17H,1-5,10H2. The summed E-state index contributed by atoms with van der Waals surface area (Å²) in [6.07, 6.45) is 6.04. The first-order chi connectivity index (χ1) is 8.25. The van der Waals surface area contributed by atoms with Crippen LogP contribution in [0.5, 0.6) is 0 Å². The third kappa shape index (κ3) is 3.98. The van der Waals surface area contributed by atoms with Crippen molar-refractivity contribution in [3.63, 3.8) is 0 Å². The molecule has 0 spiro atoms. The van der Waals surface area contributed by atoms with Gasteiger partial charge in [0.25, 0.3) is 0 Å². The van der Waals surface area contributed by atoms with Crippen LogP contribution < -0.4 is 5.32 Å². The van der Waals surface area contributed by atoms with Gasteiger partial charge in [-0.15, -0.1) is 0 Å². The zero-order valence-electron chi connectivity index (χ0n) is 10.0. The van der Waals surface area contributed by atoms with Gasteiger partial charge < -0.3 is 10.4 Å². The first-order valence-electron chi connectivity index (χ1n) is 6.42. The second-order valence-electron chi connectivity index (χ2n) is 4.81. The summed E-state index contributed by atoms with van der Waals surface area (Å²) in [6.45, 7) is 0.631. The second kappa shape index (κ2) is 6.39. The van der Waals surface area contributed by atoms with E-state index in [1.165, 1.54) is 32.1 Å². The molecule has 1 aliphatic carbocycles. The molecule has 0 aliphatic heterocycles. The molecule has 1 fully saturated rings. The minimum absolute atomic E-state index is 0.436. The lowest BCUT2D eigenvalue weighted by Gasteiger charge is -2.24. The van der Waals surface area contributed by atoms with Crippen LogP contribution in [0.3, 0.4) is 0 Å². The molecular formula is C14H20ClNO. The van der Waals surface area contributed by atoms with Gasteiger partial charge in [-0.2, -0.15) is 0 Å². The largest absolute Gasteiger partial charge is 0.387 e. The molecule has 0 heterocycles. The molecule has 2 rings (SSSR count). The Morgan fingerprint density at radius 2 is 1.82 bits per heavy atom. The van der Waals surface area contributed by atoms with E-state index in [0.29, 0.717) is 17.6 Å². The molecule has 0 bridgehead atoms. The number of hydrogen-bond acceptors (Lipinski definition) is 2. The number of aliphatic hydroxyl groups excluding tert-OH is 1. The Bertz CT molecular complexity index is 333. The Balaban J connectivity index is 1.80. The van der Waals surface area contributed by atoms with Crippen molar-refractivity contribution in [2.24, 2.45) is 0 Å². The maximum atomic E-state index is 10.0. The molecule has 1 aliphatic rings. The molecule has 94 valence electrons. The summed E-state index contributed by atoms with van der Waals surface area (Å²) in [5.41, 5.74) is 0.928. The summed E-state index contributed by atoms with van der Waals surface area (Å²) in [5, 5.41) is 14.2. The maximum absolute atomic E-state index is 10.0. The van der Waals surface area contributed by atoms with E-state index < -0.39 is 6.10 Å². The molecule has 1 atom stereocenters. The highest BCUT2D eigenvalue weighted by Gasteiger charge is 2.14. The predicted octanol–water partition coefficient (Wildman–Crippen LogP) is 3.30. The van der Waals surface area contributed by atoms with Crippen molar-refractivity contribution >= 4 is 11.6 Å². The van der Waals surface area contributed by atoms with E-state index in [9.17, 15) is 5.11 Å². The quantitative estimate of drug-likeness (QED) is 0.863. The van der Waals surface area contributed by atoms with Crippen molar-refractivity contribution in [3.05, 3.63) is 34.9 Å². The van der Waals surface area contributed by atoms with E-state index in [0.717, 1.165) is 5.56 Å². The van der Waals surface area contributed by atoms with E-state index in [2.05, 4.69) is 5.32 Å².